The zero-order valence-electron chi connectivity index (χ0n) is 11.3. The maximum Gasteiger partial charge on any atom is 0.301 e. The Hall–Kier alpha value is -1.37. The van der Waals surface area contributed by atoms with Crippen LogP contribution in [0.4, 0.5) is 0 Å². The van der Waals surface area contributed by atoms with Crippen LogP contribution in [0.1, 0.15) is 35.9 Å². The molecule has 6 nitrogen and oxygen atoms in total. The number of carbonyl (C=O) groups excluding carboxylic acids is 1. The topological polar surface area (TPSA) is 83.5 Å². The average molecular weight is 266 g/mol. The minimum absolute atomic E-state index is 0.315. The van der Waals surface area contributed by atoms with Crippen LogP contribution in [0.5, 0.6) is 0 Å². The predicted octanol–water partition coefficient (Wildman–Crippen LogP) is 0.457. The summed E-state index contributed by atoms with van der Waals surface area (Å²) in [6, 6.07) is 2.41. The maximum atomic E-state index is 11.6. The molecular formula is C13H22N4O2. The van der Waals surface area contributed by atoms with E-state index >= 15 is 0 Å². The first-order valence-electron chi connectivity index (χ1n) is 6.78. The molecule has 6 heteroatoms. The van der Waals surface area contributed by atoms with E-state index in [-0.39, 0.29) is 5.91 Å². The van der Waals surface area contributed by atoms with E-state index in [4.69, 9.17) is 10.3 Å². The molecule has 0 bridgehead atoms. The molecule has 2 rings (SSSR count). The third-order valence-corrected chi connectivity index (χ3v) is 3.69. The highest BCUT2D eigenvalue weighted by atomic mass is 16.3. The Balaban J connectivity index is 2.05. The van der Waals surface area contributed by atoms with Gasteiger partial charge in [0.1, 0.15) is 0 Å². The van der Waals surface area contributed by atoms with Gasteiger partial charge in [-0.25, -0.2) is 5.84 Å². The molecule has 1 amide bonds. The normalized spacial score (nSPS) is 16.8. The highest BCUT2D eigenvalue weighted by molar-refractivity contribution is 5.92. The molecule has 19 heavy (non-hydrogen) atoms. The smallest absolute Gasteiger partial charge is 0.301 e. The van der Waals surface area contributed by atoms with Gasteiger partial charge in [-0.15, -0.1) is 0 Å². The summed E-state index contributed by atoms with van der Waals surface area (Å²) < 4.78 is 5.22. The molecule has 0 aromatic carbocycles. The number of furan rings is 1. The number of nitrogens with two attached hydrogens (primary N) is 1. The van der Waals surface area contributed by atoms with Gasteiger partial charge in [0.05, 0.1) is 6.26 Å². The van der Waals surface area contributed by atoms with E-state index in [0.717, 1.165) is 44.6 Å². The first-order valence-corrected chi connectivity index (χ1v) is 6.78. The van der Waals surface area contributed by atoms with Gasteiger partial charge in [0, 0.05) is 18.2 Å². The number of hydrazine groups is 1. The van der Waals surface area contributed by atoms with Gasteiger partial charge < -0.3 is 9.73 Å². The van der Waals surface area contributed by atoms with Gasteiger partial charge in [-0.05, 0) is 38.5 Å². The maximum absolute atomic E-state index is 11.6. The summed E-state index contributed by atoms with van der Waals surface area (Å²) in [5.74, 6) is 5.10. The molecule has 0 radical (unpaired) electrons. The second-order valence-corrected chi connectivity index (χ2v) is 4.79. The number of hydrogen-bond donors (Lipinski definition) is 3. The van der Waals surface area contributed by atoms with Crippen molar-refractivity contribution in [1.82, 2.24) is 15.6 Å². The fourth-order valence-electron chi connectivity index (χ4n) is 2.61. The summed E-state index contributed by atoms with van der Waals surface area (Å²) in [6.45, 7) is 5.94. The molecule has 0 unspecified atom stereocenters. The lowest BCUT2D eigenvalue weighted by Crippen LogP contribution is -2.43. The third kappa shape index (κ3) is 3.34. The monoisotopic (exact) mass is 266 g/mol. The van der Waals surface area contributed by atoms with Gasteiger partial charge in [0.25, 0.3) is 0 Å². The van der Waals surface area contributed by atoms with Crippen molar-refractivity contribution in [2.24, 2.45) is 5.84 Å². The minimum Gasteiger partial charge on any atom is -0.459 e. The van der Waals surface area contributed by atoms with E-state index in [0.29, 0.717) is 11.8 Å². The van der Waals surface area contributed by atoms with Crippen LogP contribution in [0.25, 0.3) is 0 Å². The van der Waals surface area contributed by atoms with Gasteiger partial charge in [0.2, 0.25) is 0 Å². The molecule has 1 saturated heterocycles. The number of carbonyl (C=O) groups is 1. The lowest BCUT2D eigenvalue weighted by molar-refractivity contribution is 0.0920. The lowest BCUT2D eigenvalue weighted by atomic mass is 10.0. The van der Waals surface area contributed by atoms with Crippen molar-refractivity contribution in [2.45, 2.75) is 32.4 Å². The lowest BCUT2D eigenvalue weighted by Gasteiger charge is -2.33. The molecule has 4 N–H and O–H groups in total. The number of amides is 1. The number of nitrogen functional groups attached to an aromatic ring is 1. The number of rotatable bonds is 5. The summed E-state index contributed by atoms with van der Waals surface area (Å²) in [6.07, 6.45) is 3.82. The molecule has 0 spiro atoms. The summed E-state index contributed by atoms with van der Waals surface area (Å²) >= 11 is 0. The first-order chi connectivity index (χ1) is 9.26. The Labute approximate surface area is 113 Å². The molecule has 1 fully saturated rings. The largest absolute Gasteiger partial charge is 0.459 e. The van der Waals surface area contributed by atoms with Crippen molar-refractivity contribution in [1.29, 1.82) is 0 Å². The van der Waals surface area contributed by atoms with Crippen LogP contribution in [0, 0.1) is 0 Å². The summed E-state index contributed by atoms with van der Waals surface area (Å²) in [5, 5.41) is 3.37. The van der Waals surface area contributed by atoms with Crippen molar-refractivity contribution >= 4 is 5.91 Å². The third-order valence-electron chi connectivity index (χ3n) is 3.69. The number of nitrogens with one attached hydrogen (secondary N) is 2. The minimum atomic E-state index is -0.374. The number of nitrogens with zero attached hydrogens (tertiary/aromatic N) is 1. The van der Waals surface area contributed by atoms with Gasteiger partial charge in [-0.2, -0.15) is 0 Å². The average Bonchev–Trinajstić information content (AvgIpc) is 2.93. The molecule has 106 valence electrons. The van der Waals surface area contributed by atoms with Gasteiger partial charge in [0.15, 0.2) is 5.76 Å². The van der Waals surface area contributed by atoms with Gasteiger partial charge in [-0.3, -0.25) is 15.1 Å². The van der Waals surface area contributed by atoms with E-state index in [2.05, 4.69) is 22.6 Å². The van der Waals surface area contributed by atoms with Crippen LogP contribution >= 0.6 is 0 Å². The molecule has 1 aliphatic heterocycles. The molecule has 0 saturated carbocycles. The fourth-order valence-corrected chi connectivity index (χ4v) is 2.61. The second-order valence-electron chi connectivity index (χ2n) is 4.79. The highest BCUT2D eigenvalue weighted by Crippen LogP contribution is 2.18. The Bertz CT molecular complexity index is 413. The van der Waals surface area contributed by atoms with Crippen LogP contribution in [0.15, 0.2) is 16.7 Å². The van der Waals surface area contributed by atoms with Crippen LogP contribution < -0.4 is 16.6 Å². The zero-order valence-corrected chi connectivity index (χ0v) is 11.3. The van der Waals surface area contributed by atoms with Crippen molar-refractivity contribution in [3.05, 3.63) is 23.7 Å². The van der Waals surface area contributed by atoms with Crippen molar-refractivity contribution in [2.75, 3.05) is 19.6 Å². The van der Waals surface area contributed by atoms with Crippen LogP contribution in [0.2, 0.25) is 0 Å². The van der Waals surface area contributed by atoms with Crippen molar-refractivity contribution in [3.63, 3.8) is 0 Å². The Kier molecular flexibility index (Phi) is 4.95. The molecule has 2 heterocycles. The SMILES string of the molecule is CCN(Cc1ccoc1C(=O)NN)C1CCNCC1. The van der Waals surface area contributed by atoms with Crippen LogP contribution in [0.3, 0.4) is 0 Å². The van der Waals surface area contributed by atoms with Crippen molar-refractivity contribution in [3.8, 4) is 0 Å². The predicted molar refractivity (Wildman–Crippen MR) is 72.3 cm³/mol. The molecular weight excluding hydrogens is 244 g/mol. The molecule has 0 atom stereocenters. The Morgan fingerprint density at radius 3 is 2.95 bits per heavy atom. The van der Waals surface area contributed by atoms with Gasteiger partial charge >= 0.3 is 5.91 Å². The Morgan fingerprint density at radius 1 is 1.58 bits per heavy atom. The second kappa shape index (κ2) is 6.70. The van der Waals surface area contributed by atoms with Crippen LogP contribution in [-0.2, 0) is 6.54 Å². The number of hydrogen-bond acceptors (Lipinski definition) is 5. The van der Waals surface area contributed by atoms with Crippen LogP contribution in [-0.4, -0.2) is 36.5 Å². The fraction of sp³-hybridized carbons (Fsp3) is 0.615. The Morgan fingerprint density at radius 2 is 2.32 bits per heavy atom. The zero-order chi connectivity index (χ0) is 13.7. The van der Waals surface area contributed by atoms with Crippen molar-refractivity contribution < 1.29 is 9.21 Å². The summed E-state index contributed by atoms with van der Waals surface area (Å²) in [5.41, 5.74) is 3.01. The van der Waals surface area contributed by atoms with E-state index in [9.17, 15) is 4.79 Å². The van der Waals surface area contributed by atoms with E-state index < -0.39 is 0 Å². The van der Waals surface area contributed by atoms with E-state index in [1.54, 1.807) is 0 Å². The highest BCUT2D eigenvalue weighted by Gasteiger charge is 2.22. The molecule has 1 aromatic rings. The standard InChI is InChI=1S/C13H22N4O2/c1-2-17(11-3-6-15-7-4-11)9-10-5-8-19-12(10)13(18)16-14/h5,8,11,15H,2-4,6-7,9,14H2,1H3,(H,16,18). The van der Waals surface area contributed by atoms with E-state index in [1.165, 1.54) is 6.26 Å². The summed E-state index contributed by atoms with van der Waals surface area (Å²) in [7, 11) is 0. The molecule has 0 aliphatic carbocycles. The van der Waals surface area contributed by atoms with E-state index in [1.807, 2.05) is 6.07 Å². The van der Waals surface area contributed by atoms with Gasteiger partial charge in [-0.1, -0.05) is 6.92 Å². The first kappa shape index (κ1) is 14.0. The quantitative estimate of drug-likeness (QED) is 0.409. The molecule has 1 aromatic heterocycles. The molecule has 1 aliphatic rings. The summed E-state index contributed by atoms with van der Waals surface area (Å²) in [4.78, 5) is 14.0. The number of piperidine rings is 1.